The van der Waals surface area contributed by atoms with E-state index in [1.54, 1.807) is 18.2 Å². The van der Waals surface area contributed by atoms with Crippen molar-refractivity contribution in [2.75, 3.05) is 11.9 Å². The van der Waals surface area contributed by atoms with Gasteiger partial charge < -0.3 is 15.5 Å². The van der Waals surface area contributed by atoms with Gasteiger partial charge in [-0.1, -0.05) is 54.6 Å². The smallest absolute Gasteiger partial charge is 0.161 e. The molecule has 0 aliphatic heterocycles. The number of aliphatic hydroxyl groups excluding tert-OH is 2. The van der Waals surface area contributed by atoms with Crippen LogP contribution in [0.4, 0.5) is 14.5 Å². The first kappa shape index (κ1) is 21.6. The molecule has 1 aromatic heterocycles. The fourth-order valence-electron chi connectivity index (χ4n) is 3.49. The second kappa shape index (κ2) is 9.68. The highest BCUT2D eigenvalue weighted by Gasteiger charge is 2.20. The number of nitrogens with zero attached hydrogens (tertiary/aromatic N) is 1. The molecule has 0 spiro atoms. The molecule has 162 valence electrons. The molecule has 0 saturated carbocycles. The fourth-order valence-corrected chi connectivity index (χ4v) is 3.49. The molecule has 3 aromatic carbocycles. The molecule has 4 aromatic rings. The first-order valence-electron chi connectivity index (χ1n) is 10.2. The van der Waals surface area contributed by atoms with Crippen LogP contribution in [0.5, 0.6) is 0 Å². The van der Waals surface area contributed by atoms with Crippen LogP contribution in [0, 0.1) is 11.6 Å². The molecule has 0 saturated heterocycles. The molecule has 6 heteroatoms. The van der Waals surface area contributed by atoms with Crippen LogP contribution in [0.2, 0.25) is 0 Å². The predicted molar refractivity (Wildman–Crippen MR) is 123 cm³/mol. The van der Waals surface area contributed by atoms with Crippen LogP contribution in [-0.2, 0) is 0 Å². The van der Waals surface area contributed by atoms with E-state index < -0.39 is 23.8 Å². The van der Waals surface area contributed by atoms with Crippen LogP contribution in [0.25, 0.3) is 23.1 Å². The largest absolute Gasteiger partial charge is 0.394 e. The minimum atomic E-state index is -0.969. The van der Waals surface area contributed by atoms with Gasteiger partial charge in [-0.25, -0.2) is 13.8 Å². The number of aromatic nitrogens is 1. The van der Waals surface area contributed by atoms with Crippen molar-refractivity contribution in [3.05, 3.63) is 107 Å². The van der Waals surface area contributed by atoms with Gasteiger partial charge in [0.05, 0.1) is 23.9 Å². The lowest BCUT2D eigenvalue weighted by molar-refractivity contribution is 0.0795. The third kappa shape index (κ3) is 4.99. The molecule has 0 amide bonds. The maximum Gasteiger partial charge on any atom is 0.161 e. The summed E-state index contributed by atoms with van der Waals surface area (Å²) in [7, 11) is 0. The quantitative estimate of drug-likeness (QED) is 0.376. The van der Waals surface area contributed by atoms with Gasteiger partial charge in [0.2, 0.25) is 0 Å². The number of halogens is 2. The van der Waals surface area contributed by atoms with Crippen LogP contribution >= 0.6 is 0 Å². The molecular formula is C26H22F2N2O2. The highest BCUT2D eigenvalue weighted by molar-refractivity contribution is 5.81. The Balaban J connectivity index is 1.55. The molecule has 32 heavy (non-hydrogen) atoms. The molecule has 0 aliphatic carbocycles. The Labute approximate surface area is 184 Å². The van der Waals surface area contributed by atoms with E-state index >= 15 is 0 Å². The predicted octanol–water partition coefficient (Wildman–Crippen LogP) is 5.19. The van der Waals surface area contributed by atoms with Gasteiger partial charge in [-0.05, 0) is 41.5 Å². The topological polar surface area (TPSA) is 65.4 Å². The SMILES string of the molecule is OC[C@H](O)[C@H](Nc1cccc(/C=C/c2ccc3cc(F)c(F)cc3n2)c1)c1ccccc1. The fraction of sp³-hybridized carbons (Fsp3) is 0.115. The first-order chi connectivity index (χ1) is 15.5. The van der Waals surface area contributed by atoms with Crippen molar-refractivity contribution < 1.29 is 19.0 Å². The first-order valence-corrected chi connectivity index (χ1v) is 10.2. The van der Waals surface area contributed by atoms with Crippen molar-refractivity contribution in [2.24, 2.45) is 0 Å². The number of aliphatic hydroxyl groups is 2. The maximum absolute atomic E-state index is 13.5. The van der Waals surface area contributed by atoms with E-state index in [4.69, 9.17) is 0 Å². The zero-order chi connectivity index (χ0) is 22.5. The molecule has 0 fully saturated rings. The molecule has 0 radical (unpaired) electrons. The van der Waals surface area contributed by atoms with Gasteiger partial charge in [0.25, 0.3) is 0 Å². The minimum Gasteiger partial charge on any atom is -0.394 e. The molecule has 2 atom stereocenters. The van der Waals surface area contributed by atoms with Crippen molar-refractivity contribution in [2.45, 2.75) is 12.1 Å². The lowest BCUT2D eigenvalue weighted by Gasteiger charge is -2.24. The molecule has 0 unspecified atom stereocenters. The molecule has 4 nitrogen and oxygen atoms in total. The number of hydrogen-bond donors (Lipinski definition) is 3. The second-order valence-electron chi connectivity index (χ2n) is 7.44. The average Bonchev–Trinajstić information content (AvgIpc) is 2.82. The summed E-state index contributed by atoms with van der Waals surface area (Å²) in [4.78, 5) is 4.37. The van der Waals surface area contributed by atoms with Crippen LogP contribution in [0.15, 0.2) is 78.9 Å². The maximum atomic E-state index is 13.5. The van der Waals surface area contributed by atoms with Crippen molar-refractivity contribution in [1.29, 1.82) is 0 Å². The van der Waals surface area contributed by atoms with Gasteiger partial charge in [0, 0.05) is 17.1 Å². The number of anilines is 1. The Hall–Kier alpha value is -3.61. The van der Waals surface area contributed by atoms with E-state index in [2.05, 4.69) is 10.3 Å². The molecule has 1 heterocycles. The van der Waals surface area contributed by atoms with Gasteiger partial charge in [-0.3, -0.25) is 0 Å². The lowest BCUT2D eigenvalue weighted by Crippen LogP contribution is -2.28. The third-order valence-corrected chi connectivity index (χ3v) is 5.14. The highest BCUT2D eigenvalue weighted by Crippen LogP contribution is 2.24. The van der Waals surface area contributed by atoms with E-state index in [1.165, 1.54) is 0 Å². The molecule has 3 N–H and O–H groups in total. The zero-order valence-corrected chi connectivity index (χ0v) is 17.1. The Morgan fingerprint density at radius 2 is 1.66 bits per heavy atom. The third-order valence-electron chi connectivity index (χ3n) is 5.14. The lowest BCUT2D eigenvalue weighted by atomic mass is 10.0. The van der Waals surface area contributed by atoms with Gasteiger partial charge in [0.1, 0.15) is 6.10 Å². The number of fused-ring (bicyclic) bond motifs is 1. The van der Waals surface area contributed by atoms with E-state index in [-0.39, 0.29) is 6.61 Å². The van der Waals surface area contributed by atoms with E-state index in [1.807, 2.05) is 60.7 Å². The van der Waals surface area contributed by atoms with E-state index in [0.29, 0.717) is 16.6 Å². The molecule has 4 rings (SSSR count). The van der Waals surface area contributed by atoms with Gasteiger partial charge in [-0.15, -0.1) is 0 Å². The second-order valence-corrected chi connectivity index (χ2v) is 7.44. The number of rotatable bonds is 7. The Morgan fingerprint density at radius 3 is 2.44 bits per heavy atom. The summed E-state index contributed by atoms with van der Waals surface area (Å²) in [5, 5.41) is 23.6. The number of benzene rings is 3. The standard InChI is InChI=1S/C26H22F2N2O2/c27-22-14-19-10-12-20(29-24(19)15-23(22)28)11-9-17-5-4-8-21(13-17)30-26(25(32)16-31)18-6-2-1-3-7-18/h1-15,25-26,30-32H,16H2/b11-9+/t25-,26+/m0/s1. The zero-order valence-electron chi connectivity index (χ0n) is 17.1. The van der Waals surface area contributed by atoms with Gasteiger partial charge in [0.15, 0.2) is 11.6 Å². The monoisotopic (exact) mass is 432 g/mol. The number of nitrogens with one attached hydrogen (secondary N) is 1. The highest BCUT2D eigenvalue weighted by atomic mass is 19.2. The minimum absolute atomic E-state index is 0.371. The summed E-state index contributed by atoms with van der Waals surface area (Å²) in [5.74, 6) is -1.82. The average molecular weight is 432 g/mol. The normalized spacial score (nSPS) is 13.4. The van der Waals surface area contributed by atoms with Gasteiger partial charge >= 0.3 is 0 Å². The van der Waals surface area contributed by atoms with Crippen LogP contribution in [0.1, 0.15) is 22.9 Å². The summed E-state index contributed by atoms with van der Waals surface area (Å²) < 4.78 is 26.9. The summed E-state index contributed by atoms with van der Waals surface area (Å²) in [5.41, 5.74) is 3.51. The van der Waals surface area contributed by atoms with Gasteiger partial charge in [-0.2, -0.15) is 0 Å². The van der Waals surface area contributed by atoms with Crippen LogP contribution in [-0.4, -0.2) is 27.9 Å². The van der Waals surface area contributed by atoms with E-state index in [0.717, 1.165) is 28.9 Å². The Morgan fingerprint density at radius 1 is 0.875 bits per heavy atom. The van der Waals surface area contributed by atoms with Crippen molar-refractivity contribution >= 4 is 28.7 Å². The summed E-state index contributed by atoms with van der Waals surface area (Å²) in [6.45, 7) is -0.371. The number of hydrogen-bond acceptors (Lipinski definition) is 4. The summed E-state index contributed by atoms with van der Waals surface area (Å²) in [6, 6.07) is 22.2. The Bertz CT molecular complexity index is 1250. The Kier molecular flexibility index (Phi) is 6.54. The van der Waals surface area contributed by atoms with Crippen molar-refractivity contribution in [3.63, 3.8) is 0 Å². The van der Waals surface area contributed by atoms with Crippen molar-refractivity contribution in [1.82, 2.24) is 4.98 Å². The summed E-state index contributed by atoms with van der Waals surface area (Å²) >= 11 is 0. The van der Waals surface area contributed by atoms with Crippen molar-refractivity contribution in [3.8, 4) is 0 Å². The molecule has 0 aliphatic rings. The van der Waals surface area contributed by atoms with Crippen LogP contribution in [0.3, 0.4) is 0 Å². The summed E-state index contributed by atoms with van der Waals surface area (Å²) in [6.07, 6.45) is 2.68. The number of pyridine rings is 1. The molecule has 0 bridgehead atoms. The van der Waals surface area contributed by atoms with E-state index in [9.17, 15) is 19.0 Å². The van der Waals surface area contributed by atoms with Crippen LogP contribution < -0.4 is 5.32 Å². The molecular weight excluding hydrogens is 410 g/mol.